The van der Waals surface area contributed by atoms with Gasteiger partial charge in [-0.15, -0.1) is 3.77 Å². The molecule has 0 spiro atoms. The zero-order chi connectivity index (χ0) is 13.9. The summed E-state index contributed by atoms with van der Waals surface area (Å²) in [4.78, 5) is 0. The minimum absolute atomic E-state index is 0.194. The lowest BCUT2D eigenvalue weighted by Gasteiger charge is -2.15. The molecule has 106 valence electrons. The van der Waals surface area contributed by atoms with Gasteiger partial charge in [0.05, 0.1) is 40.2 Å². The van der Waals surface area contributed by atoms with E-state index in [-0.39, 0.29) is 17.3 Å². The highest BCUT2D eigenvalue weighted by molar-refractivity contribution is 8.03. The van der Waals surface area contributed by atoms with Crippen LogP contribution in [0.1, 0.15) is 11.1 Å². The molecule has 0 atom stereocenters. The van der Waals surface area contributed by atoms with Crippen LogP contribution in [0, 0.1) is 6.92 Å². The fourth-order valence-electron chi connectivity index (χ4n) is 1.86. The van der Waals surface area contributed by atoms with Crippen LogP contribution < -0.4 is 0 Å². The van der Waals surface area contributed by atoms with Gasteiger partial charge in [0.25, 0.3) is 10.0 Å². The third kappa shape index (κ3) is 4.02. The highest BCUT2D eigenvalue weighted by atomic mass is 32.3. The van der Waals surface area contributed by atoms with Crippen molar-refractivity contribution in [3.05, 3.63) is 35.4 Å². The Balaban J connectivity index is 2.27. The van der Waals surface area contributed by atoms with Crippen LogP contribution in [-0.2, 0) is 30.2 Å². The average molecular weight is 303 g/mol. The summed E-state index contributed by atoms with van der Waals surface area (Å²) < 4.78 is 45.1. The number of hydrogen-bond acceptors (Lipinski definition) is 4. The number of benzene rings is 1. The van der Waals surface area contributed by atoms with Crippen LogP contribution in [0.2, 0.25) is 0 Å². The van der Waals surface area contributed by atoms with Gasteiger partial charge in [0, 0.05) is 0 Å². The molecule has 1 fully saturated rings. The van der Waals surface area contributed by atoms with Crippen LogP contribution in [0.3, 0.4) is 0 Å². The molecule has 1 aliphatic heterocycles. The zero-order valence-electron chi connectivity index (χ0n) is 10.7. The first-order chi connectivity index (χ1) is 8.90. The first-order valence-electron chi connectivity index (χ1n) is 5.99. The molecule has 0 radical (unpaired) electrons. The Bertz CT molecular complexity index is 661. The second kappa shape index (κ2) is 5.60. The largest absolute Gasteiger partial charge is 0.379 e. The van der Waals surface area contributed by atoms with Crippen molar-refractivity contribution in [3.8, 4) is 0 Å². The number of hydrogen-bond donors (Lipinski definition) is 0. The van der Waals surface area contributed by atoms with E-state index in [0.29, 0.717) is 18.8 Å². The molecule has 1 aromatic carbocycles. The lowest BCUT2D eigenvalue weighted by Crippen LogP contribution is -2.26. The van der Waals surface area contributed by atoms with Crippen LogP contribution in [0.15, 0.2) is 28.0 Å². The maximum atomic E-state index is 12.3. The van der Waals surface area contributed by atoms with Crippen molar-refractivity contribution in [1.29, 1.82) is 0 Å². The van der Waals surface area contributed by atoms with E-state index >= 15 is 0 Å². The van der Waals surface area contributed by atoms with Crippen molar-refractivity contribution >= 4 is 19.8 Å². The van der Waals surface area contributed by atoms with Crippen molar-refractivity contribution in [2.45, 2.75) is 12.7 Å². The minimum atomic E-state index is -3.72. The lowest BCUT2D eigenvalue weighted by atomic mass is 10.1. The molecule has 5 nitrogen and oxygen atoms in total. The highest BCUT2D eigenvalue weighted by Gasteiger charge is 2.20. The van der Waals surface area contributed by atoms with Gasteiger partial charge in [-0.1, -0.05) is 24.3 Å². The lowest BCUT2D eigenvalue weighted by molar-refractivity contribution is 0.158. The summed E-state index contributed by atoms with van der Waals surface area (Å²) in [7, 11) is -6.39. The van der Waals surface area contributed by atoms with Crippen LogP contribution in [0.5, 0.6) is 0 Å². The van der Waals surface area contributed by atoms with Gasteiger partial charge < -0.3 is 4.74 Å². The summed E-state index contributed by atoms with van der Waals surface area (Å²) in [5, 5.41) is 0. The van der Waals surface area contributed by atoms with Crippen molar-refractivity contribution in [3.63, 3.8) is 0 Å². The number of ether oxygens (including phenoxy) is 1. The Morgan fingerprint density at radius 3 is 2.53 bits per heavy atom. The predicted octanol–water partition coefficient (Wildman–Crippen LogP) is 1.32. The summed E-state index contributed by atoms with van der Waals surface area (Å²) in [6, 6.07) is 7.23. The van der Waals surface area contributed by atoms with E-state index in [0.717, 1.165) is 5.56 Å². The normalized spacial score (nSPS) is 19.0. The van der Waals surface area contributed by atoms with Gasteiger partial charge in [0.15, 0.2) is 0 Å². The maximum absolute atomic E-state index is 12.3. The molecule has 0 amide bonds. The first-order valence-corrected chi connectivity index (χ1v) is 9.45. The van der Waals surface area contributed by atoms with E-state index in [1.165, 1.54) is 0 Å². The molecular formula is C12H17NO4S2. The summed E-state index contributed by atoms with van der Waals surface area (Å²) in [5.41, 5.74) is 1.59. The standard InChI is InChI=1S/C12H17NO4S2/c1-11-4-2-3-5-12(11)10-19(15,16)13-18(14)8-6-17-7-9-18/h2-5H,6-10H2,1H3. The molecule has 1 heterocycles. The molecule has 2 rings (SSSR count). The number of nitrogens with zero attached hydrogens (tertiary/aromatic N) is 1. The van der Waals surface area contributed by atoms with E-state index in [4.69, 9.17) is 4.74 Å². The van der Waals surface area contributed by atoms with Gasteiger partial charge in [-0.05, 0) is 18.1 Å². The van der Waals surface area contributed by atoms with Crippen LogP contribution in [0.25, 0.3) is 0 Å². The van der Waals surface area contributed by atoms with Crippen molar-refractivity contribution in [1.82, 2.24) is 0 Å². The Morgan fingerprint density at radius 1 is 1.26 bits per heavy atom. The van der Waals surface area contributed by atoms with Gasteiger partial charge in [-0.2, -0.15) is 0 Å². The maximum Gasteiger partial charge on any atom is 0.265 e. The smallest absolute Gasteiger partial charge is 0.265 e. The van der Waals surface area contributed by atoms with Gasteiger partial charge in [0.2, 0.25) is 0 Å². The molecule has 1 saturated heterocycles. The first kappa shape index (κ1) is 14.5. The molecule has 19 heavy (non-hydrogen) atoms. The third-order valence-electron chi connectivity index (χ3n) is 2.94. The Kier molecular flexibility index (Phi) is 4.27. The molecule has 0 aromatic heterocycles. The molecular weight excluding hydrogens is 286 g/mol. The molecule has 0 saturated carbocycles. The SMILES string of the molecule is Cc1ccccc1CS(=O)(=O)N=S1(=O)CCOCC1. The molecule has 0 bridgehead atoms. The Labute approximate surface area is 114 Å². The monoisotopic (exact) mass is 303 g/mol. The molecule has 0 unspecified atom stereocenters. The minimum Gasteiger partial charge on any atom is -0.379 e. The van der Waals surface area contributed by atoms with E-state index in [9.17, 15) is 12.6 Å². The van der Waals surface area contributed by atoms with E-state index in [1.54, 1.807) is 12.1 Å². The average Bonchev–Trinajstić information content (AvgIpc) is 2.31. The predicted molar refractivity (Wildman–Crippen MR) is 74.9 cm³/mol. The second-order valence-electron chi connectivity index (χ2n) is 4.52. The van der Waals surface area contributed by atoms with Crippen LogP contribution >= 0.6 is 0 Å². The van der Waals surface area contributed by atoms with Crippen LogP contribution in [-0.4, -0.2) is 37.3 Å². The van der Waals surface area contributed by atoms with E-state index < -0.39 is 19.8 Å². The summed E-state index contributed by atoms with van der Waals surface area (Å²) >= 11 is 0. The molecule has 0 aliphatic carbocycles. The molecule has 7 heteroatoms. The summed E-state index contributed by atoms with van der Waals surface area (Å²) in [6.45, 7) is 2.46. The topological polar surface area (TPSA) is 72.8 Å². The summed E-state index contributed by atoms with van der Waals surface area (Å²) in [6.07, 6.45) is 0. The molecule has 1 aromatic rings. The van der Waals surface area contributed by atoms with Gasteiger partial charge in [-0.3, -0.25) is 0 Å². The fraction of sp³-hybridized carbons (Fsp3) is 0.500. The van der Waals surface area contributed by atoms with E-state index in [1.807, 2.05) is 19.1 Å². The van der Waals surface area contributed by atoms with E-state index in [2.05, 4.69) is 3.77 Å². The van der Waals surface area contributed by atoms with Gasteiger partial charge >= 0.3 is 0 Å². The quantitative estimate of drug-likeness (QED) is 0.844. The summed E-state index contributed by atoms with van der Waals surface area (Å²) in [5.74, 6) is 0.192. The van der Waals surface area contributed by atoms with Gasteiger partial charge in [0.1, 0.15) is 0 Å². The Hall–Kier alpha value is -0.920. The fourth-order valence-corrected chi connectivity index (χ4v) is 6.00. The highest BCUT2D eigenvalue weighted by Crippen LogP contribution is 2.15. The third-order valence-corrected chi connectivity index (χ3v) is 7.22. The zero-order valence-corrected chi connectivity index (χ0v) is 12.4. The molecule has 1 aliphatic rings. The molecule has 0 N–H and O–H groups in total. The van der Waals surface area contributed by atoms with Crippen molar-refractivity contribution in [2.24, 2.45) is 3.77 Å². The van der Waals surface area contributed by atoms with Crippen LogP contribution in [0.4, 0.5) is 0 Å². The van der Waals surface area contributed by atoms with Crippen molar-refractivity contribution in [2.75, 3.05) is 24.7 Å². The van der Waals surface area contributed by atoms with Crippen molar-refractivity contribution < 1.29 is 17.4 Å². The number of rotatable bonds is 3. The Morgan fingerprint density at radius 2 is 1.89 bits per heavy atom. The van der Waals surface area contributed by atoms with Gasteiger partial charge in [-0.25, -0.2) is 12.6 Å². The second-order valence-corrected chi connectivity index (χ2v) is 8.93. The number of sulfonamides is 1. The number of aryl methyl sites for hydroxylation is 1.